The number of carboxylic acid groups (broad SMARTS) is 1. The number of fused-ring (bicyclic) bond motifs is 1. The van der Waals surface area contributed by atoms with Gasteiger partial charge in [-0.3, -0.25) is 14.7 Å². The number of likely N-dealkylation sites (tertiary alicyclic amines) is 1. The SMILES string of the molecule is O=C(O)C1CCCN(C(c2cnc3ccccc3c2)c2cccs2)C1. The average Bonchev–Trinajstić information content (AvgIpc) is 3.16. The molecule has 0 spiro atoms. The number of carboxylic acids is 1. The predicted molar refractivity (Wildman–Crippen MR) is 99.8 cm³/mol. The van der Waals surface area contributed by atoms with Gasteiger partial charge in [-0.05, 0) is 48.5 Å². The Morgan fingerprint density at radius 1 is 1.28 bits per heavy atom. The van der Waals surface area contributed by atoms with E-state index in [1.807, 2.05) is 24.4 Å². The second-order valence-electron chi connectivity index (χ2n) is 6.55. The van der Waals surface area contributed by atoms with Gasteiger partial charge in [0.05, 0.1) is 17.5 Å². The Hall–Kier alpha value is -2.24. The monoisotopic (exact) mass is 352 g/mol. The van der Waals surface area contributed by atoms with Crippen molar-refractivity contribution in [2.24, 2.45) is 5.92 Å². The molecule has 1 aromatic carbocycles. The van der Waals surface area contributed by atoms with Crippen molar-refractivity contribution in [3.63, 3.8) is 0 Å². The lowest BCUT2D eigenvalue weighted by Gasteiger charge is -2.36. The Bertz CT molecular complexity index is 878. The van der Waals surface area contributed by atoms with Crippen LogP contribution in [0.2, 0.25) is 0 Å². The molecule has 1 aliphatic heterocycles. The molecule has 1 N–H and O–H groups in total. The molecule has 128 valence electrons. The van der Waals surface area contributed by atoms with Crippen molar-refractivity contribution in [3.8, 4) is 0 Å². The number of aliphatic carboxylic acids is 1. The highest BCUT2D eigenvalue weighted by Gasteiger charge is 2.31. The first kappa shape index (κ1) is 16.2. The van der Waals surface area contributed by atoms with E-state index in [4.69, 9.17) is 0 Å². The van der Waals surface area contributed by atoms with Gasteiger partial charge in [-0.2, -0.15) is 0 Å². The molecule has 4 rings (SSSR count). The first-order valence-electron chi connectivity index (χ1n) is 8.57. The van der Waals surface area contributed by atoms with E-state index in [0.29, 0.717) is 6.54 Å². The van der Waals surface area contributed by atoms with Crippen LogP contribution in [-0.2, 0) is 4.79 Å². The van der Waals surface area contributed by atoms with E-state index in [9.17, 15) is 9.90 Å². The van der Waals surface area contributed by atoms with Crippen LogP contribution in [-0.4, -0.2) is 34.0 Å². The van der Waals surface area contributed by atoms with Gasteiger partial charge in [-0.15, -0.1) is 11.3 Å². The maximum atomic E-state index is 11.5. The van der Waals surface area contributed by atoms with Crippen molar-refractivity contribution in [2.75, 3.05) is 13.1 Å². The fourth-order valence-electron chi connectivity index (χ4n) is 3.68. The molecule has 0 saturated carbocycles. The number of thiophene rings is 1. The molecular formula is C20H20N2O2S. The molecule has 1 aliphatic rings. The first-order chi connectivity index (χ1) is 12.2. The number of aromatic nitrogens is 1. The molecule has 3 heterocycles. The molecule has 0 aliphatic carbocycles. The summed E-state index contributed by atoms with van der Waals surface area (Å²) >= 11 is 1.72. The molecule has 2 unspecified atom stereocenters. The van der Waals surface area contributed by atoms with E-state index in [2.05, 4.69) is 39.5 Å². The summed E-state index contributed by atoms with van der Waals surface area (Å²) in [6.45, 7) is 1.50. The van der Waals surface area contributed by atoms with Crippen LogP contribution in [0.25, 0.3) is 10.9 Å². The van der Waals surface area contributed by atoms with Crippen molar-refractivity contribution in [2.45, 2.75) is 18.9 Å². The molecule has 0 bridgehead atoms. The highest BCUT2D eigenvalue weighted by Crippen LogP contribution is 2.35. The fraction of sp³-hybridized carbons (Fsp3) is 0.300. The summed E-state index contributed by atoms with van der Waals surface area (Å²) in [4.78, 5) is 19.7. The third kappa shape index (κ3) is 3.30. The van der Waals surface area contributed by atoms with Crippen LogP contribution in [0.5, 0.6) is 0 Å². The van der Waals surface area contributed by atoms with E-state index in [-0.39, 0.29) is 12.0 Å². The molecule has 2 aromatic heterocycles. The van der Waals surface area contributed by atoms with Crippen LogP contribution in [0.3, 0.4) is 0 Å². The predicted octanol–water partition coefficient (Wildman–Crippen LogP) is 4.18. The second kappa shape index (κ2) is 6.94. The number of piperidine rings is 1. The Balaban J connectivity index is 1.74. The van der Waals surface area contributed by atoms with Crippen molar-refractivity contribution in [1.29, 1.82) is 0 Å². The van der Waals surface area contributed by atoms with Gasteiger partial charge in [0, 0.05) is 23.0 Å². The number of hydrogen-bond acceptors (Lipinski definition) is 4. The van der Waals surface area contributed by atoms with Gasteiger partial charge < -0.3 is 5.11 Å². The highest BCUT2D eigenvalue weighted by molar-refractivity contribution is 7.10. The summed E-state index contributed by atoms with van der Waals surface area (Å²) in [5.74, 6) is -0.976. The van der Waals surface area contributed by atoms with Crippen LogP contribution < -0.4 is 0 Å². The zero-order valence-corrected chi connectivity index (χ0v) is 14.7. The maximum Gasteiger partial charge on any atom is 0.307 e. The van der Waals surface area contributed by atoms with Gasteiger partial charge >= 0.3 is 5.97 Å². The number of benzene rings is 1. The van der Waals surface area contributed by atoms with Gasteiger partial charge in [0.2, 0.25) is 0 Å². The fourth-order valence-corrected chi connectivity index (χ4v) is 4.57. The van der Waals surface area contributed by atoms with Crippen molar-refractivity contribution >= 4 is 28.2 Å². The van der Waals surface area contributed by atoms with Crippen LogP contribution in [0.1, 0.15) is 29.3 Å². The maximum absolute atomic E-state index is 11.5. The quantitative estimate of drug-likeness (QED) is 0.765. The zero-order valence-electron chi connectivity index (χ0n) is 13.8. The summed E-state index contributed by atoms with van der Waals surface area (Å²) in [7, 11) is 0. The lowest BCUT2D eigenvalue weighted by Crippen LogP contribution is -2.41. The Morgan fingerprint density at radius 2 is 2.16 bits per heavy atom. The normalized spacial score (nSPS) is 19.8. The van der Waals surface area contributed by atoms with Gasteiger partial charge in [0.15, 0.2) is 0 Å². The number of hydrogen-bond donors (Lipinski definition) is 1. The molecule has 4 nitrogen and oxygen atoms in total. The van der Waals surface area contributed by atoms with Crippen LogP contribution >= 0.6 is 11.3 Å². The number of carbonyl (C=O) groups is 1. The molecule has 0 amide bonds. The lowest BCUT2D eigenvalue weighted by atomic mass is 9.94. The standard InChI is InChI=1S/C20H20N2O2S/c23-20(24)15-6-3-9-22(13-15)19(18-8-4-10-25-18)16-11-14-5-1-2-7-17(14)21-12-16/h1-2,4-5,7-8,10-12,15,19H,3,6,9,13H2,(H,23,24). The third-order valence-corrected chi connectivity index (χ3v) is 5.83. The zero-order chi connectivity index (χ0) is 17.2. The lowest BCUT2D eigenvalue weighted by molar-refractivity contribution is -0.143. The minimum atomic E-state index is -0.689. The van der Waals surface area contributed by atoms with Crippen LogP contribution in [0, 0.1) is 5.92 Å². The molecule has 3 aromatic rings. The molecule has 25 heavy (non-hydrogen) atoms. The van der Waals surface area contributed by atoms with Gasteiger partial charge in [-0.1, -0.05) is 24.3 Å². The summed E-state index contributed by atoms with van der Waals surface area (Å²) in [6.07, 6.45) is 3.62. The average molecular weight is 352 g/mol. The third-order valence-electron chi connectivity index (χ3n) is 4.91. The molecular weight excluding hydrogens is 332 g/mol. The van der Waals surface area contributed by atoms with Crippen molar-refractivity contribution in [1.82, 2.24) is 9.88 Å². The van der Waals surface area contributed by atoms with Gasteiger partial charge in [-0.25, -0.2) is 0 Å². The summed E-state index contributed by atoms with van der Waals surface area (Å²) in [6, 6.07) is 14.6. The molecule has 0 radical (unpaired) electrons. The minimum Gasteiger partial charge on any atom is -0.481 e. The van der Waals surface area contributed by atoms with E-state index in [1.165, 1.54) is 4.88 Å². The second-order valence-corrected chi connectivity index (χ2v) is 7.53. The molecule has 2 atom stereocenters. The van der Waals surface area contributed by atoms with Crippen molar-refractivity contribution in [3.05, 3.63) is 64.5 Å². The van der Waals surface area contributed by atoms with Gasteiger partial charge in [0.25, 0.3) is 0 Å². The smallest absolute Gasteiger partial charge is 0.307 e. The number of rotatable bonds is 4. The molecule has 1 fully saturated rings. The van der Waals surface area contributed by atoms with Gasteiger partial charge in [0.1, 0.15) is 0 Å². The number of nitrogens with zero attached hydrogens (tertiary/aromatic N) is 2. The highest BCUT2D eigenvalue weighted by atomic mass is 32.1. The first-order valence-corrected chi connectivity index (χ1v) is 9.45. The molecule has 5 heteroatoms. The number of para-hydroxylation sites is 1. The topological polar surface area (TPSA) is 53.4 Å². The number of pyridine rings is 1. The largest absolute Gasteiger partial charge is 0.481 e. The Morgan fingerprint density at radius 3 is 2.96 bits per heavy atom. The van der Waals surface area contributed by atoms with Crippen LogP contribution in [0.15, 0.2) is 54.0 Å². The van der Waals surface area contributed by atoms with Crippen molar-refractivity contribution < 1.29 is 9.90 Å². The molecule has 1 saturated heterocycles. The Labute approximate surface area is 150 Å². The van der Waals surface area contributed by atoms with E-state index in [1.54, 1.807) is 11.3 Å². The van der Waals surface area contributed by atoms with Crippen LogP contribution in [0.4, 0.5) is 0 Å². The minimum absolute atomic E-state index is 0.0688. The summed E-state index contributed by atoms with van der Waals surface area (Å²) in [5, 5.41) is 12.6. The summed E-state index contributed by atoms with van der Waals surface area (Å²) in [5.41, 5.74) is 2.12. The Kier molecular flexibility index (Phi) is 4.51. The van der Waals surface area contributed by atoms with E-state index < -0.39 is 5.97 Å². The summed E-state index contributed by atoms with van der Waals surface area (Å²) < 4.78 is 0. The van der Waals surface area contributed by atoms with E-state index in [0.717, 1.165) is 35.9 Å². The van der Waals surface area contributed by atoms with E-state index >= 15 is 0 Å².